The predicted octanol–water partition coefficient (Wildman–Crippen LogP) is 2.01. The summed E-state index contributed by atoms with van der Waals surface area (Å²) in [5.74, 6) is 0.0167. The Morgan fingerprint density at radius 1 is 1.06 bits per heavy atom. The van der Waals surface area contributed by atoms with E-state index in [-0.39, 0.29) is 30.3 Å². The Hall–Kier alpha value is -2.41. The summed E-state index contributed by atoms with van der Waals surface area (Å²) >= 11 is 0. The van der Waals surface area contributed by atoms with E-state index in [1.165, 1.54) is 25.8 Å². The third-order valence-electron chi connectivity index (χ3n) is 6.93. The van der Waals surface area contributed by atoms with Gasteiger partial charge in [-0.15, -0.1) is 0 Å². The molecule has 3 aliphatic rings. The van der Waals surface area contributed by atoms with Gasteiger partial charge in [-0.1, -0.05) is 18.6 Å². The lowest BCUT2D eigenvalue weighted by atomic mass is 10.0. The Balaban J connectivity index is 1.23. The number of likely N-dealkylation sites (tertiary alicyclic amines) is 1. The van der Waals surface area contributed by atoms with Crippen molar-refractivity contribution in [2.45, 2.75) is 64.1 Å². The van der Waals surface area contributed by atoms with Gasteiger partial charge in [0.05, 0.1) is 0 Å². The van der Waals surface area contributed by atoms with E-state index in [1.807, 2.05) is 12.1 Å². The summed E-state index contributed by atoms with van der Waals surface area (Å²) < 4.78 is 0. The SMILES string of the molecule is C[C@@H]1CCCCN1CCCNC(=O)c1ccc(CN2CC(=O)N3CCC[C@@H]3C2=O)cc1. The molecule has 0 saturated carbocycles. The third-order valence-corrected chi connectivity index (χ3v) is 6.93. The molecular weight excluding hydrogens is 392 g/mol. The first-order valence-electron chi connectivity index (χ1n) is 11.7. The maximum Gasteiger partial charge on any atom is 0.251 e. The minimum atomic E-state index is -0.278. The summed E-state index contributed by atoms with van der Waals surface area (Å²) in [6.07, 6.45) is 6.49. The van der Waals surface area contributed by atoms with Crippen LogP contribution in [0.1, 0.15) is 61.4 Å². The average molecular weight is 427 g/mol. The lowest BCUT2D eigenvalue weighted by molar-refractivity contribution is -0.154. The number of rotatable bonds is 7. The summed E-state index contributed by atoms with van der Waals surface area (Å²) in [7, 11) is 0. The van der Waals surface area contributed by atoms with E-state index in [1.54, 1.807) is 21.9 Å². The Bertz CT molecular complexity index is 810. The van der Waals surface area contributed by atoms with Gasteiger partial charge in [0.1, 0.15) is 12.6 Å². The third kappa shape index (κ3) is 5.09. The fourth-order valence-corrected chi connectivity index (χ4v) is 5.06. The van der Waals surface area contributed by atoms with Crippen molar-refractivity contribution in [3.63, 3.8) is 0 Å². The van der Waals surface area contributed by atoms with Gasteiger partial charge in [0.15, 0.2) is 0 Å². The molecule has 3 saturated heterocycles. The molecule has 7 nitrogen and oxygen atoms in total. The van der Waals surface area contributed by atoms with Crippen molar-refractivity contribution in [1.29, 1.82) is 0 Å². The molecule has 31 heavy (non-hydrogen) atoms. The largest absolute Gasteiger partial charge is 0.352 e. The van der Waals surface area contributed by atoms with Crippen LogP contribution in [0.2, 0.25) is 0 Å². The first-order chi connectivity index (χ1) is 15.0. The molecule has 0 bridgehead atoms. The van der Waals surface area contributed by atoms with E-state index in [2.05, 4.69) is 17.1 Å². The number of nitrogens with zero attached hydrogens (tertiary/aromatic N) is 3. The lowest BCUT2D eigenvalue weighted by Crippen LogP contribution is -2.56. The molecule has 0 aliphatic carbocycles. The number of carbonyl (C=O) groups is 3. The monoisotopic (exact) mass is 426 g/mol. The van der Waals surface area contributed by atoms with Crippen molar-refractivity contribution in [2.75, 3.05) is 32.7 Å². The zero-order valence-electron chi connectivity index (χ0n) is 18.5. The number of hydrogen-bond donors (Lipinski definition) is 1. The topological polar surface area (TPSA) is 73.0 Å². The molecule has 3 heterocycles. The first-order valence-corrected chi connectivity index (χ1v) is 11.7. The molecule has 2 atom stereocenters. The highest BCUT2D eigenvalue weighted by Crippen LogP contribution is 2.24. The van der Waals surface area contributed by atoms with Crippen LogP contribution in [0, 0.1) is 0 Å². The van der Waals surface area contributed by atoms with E-state index in [4.69, 9.17) is 0 Å². The number of nitrogens with one attached hydrogen (secondary N) is 1. The summed E-state index contributed by atoms with van der Waals surface area (Å²) in [4.78, 5) is 43.3. The number of piperidine rings is 1. The van der Waals surface area contributed by atoms with E-state index in [0.29, 0.717) is 31.2 Å². The molecule has 4 rings (SSSR count). The van der Waals surface area contributed by atoms with Crippen LogP contribution < -0.4 is 5.32 Å². The minimum absolute atomic E-state index is 0.0389. The van der Waals surface area contributed by atoms with Crippen LogP contribution in [-0.4, -0.2) is 77.2 Å². The molecule has 3 aliphatic heterocycles. The smallest absolute Gasteiger partial charge is 0.251 e. The molecule has 1 N–H and O–H groups in total. The zero-order chi connectivity index (χ0) is 21.8. The normalized spacial score (nSPS) is 24.4. The first kappa shape index (κ1) is 21.8. The number of benzene rings is 1. The van der Waals surface area contributed by atoms with Gasteiger partial charge in [-0.05, 0) is 63.3 Å². The number of hydrogen-bond acceptors (Lipinski definition) is 4. The van der Waals surface area contributed by atoms with Crippen molar-refractivity contribution in [1.82, 2.24) is 20.0 Å². The predicted molar refractivity (Wildman–Crippen MR) is 118 cm³/mol. The van der Waals surface area contributed by atoms with Crippen LogP contribution in [0.5, 0.6) is 0 Å². The molecule has 0 spiro atoms. The van der Waals surface area contributed by atoms with Gasteiger partial charge in [0, 0.05) is 37.8 Å². The summed E-state index contributed by atoms with van der Waals surface area (Å²) in [6, 6.07) is 7.73. The van der Waals surface area contributed by atoms with Crippen LogP contribution in [0.4, 0.5) is 0 Å². The van der Waals surface area contributed by atoms with Crippen LogP contribution >= 0.6 is 0 Å². The van der Waals surface area contributed by atoms with Crippen molar-refractivity contribution in [2.24, 2.45) is 0 Å². The highest BCUT2D eigenvalue weighted by molar-refractivity contribution is 5.95. The summed E-state index contributed by atoms with van der Waals surface area (Å²) in [5.41, 5.74) is 1.56. The summed E-state index contributed by atoms with van der Waals surface area (Å²) in [5, 5.41) is 3.01. The quantitative estimate of drug-likeness (QED) is 0.677. The zero-order valence-corrected chi connectivity index (χ0v) is 18.5. The highest BCUT2D eigenvalue weighted by atomic mass is 16.2. The van der Waals surface area contributed by atoms with Crippen molar-refractivity contribution in [3.05, 3.63) is 35.4 Å². The second-order valence-electron chi connectivity index (χ2n) is 9.13. The van der Waals surface area contributed by atoms with E-state index >= 15 is 0 Å². The molecular formula is C24H34N4O3. The molecule has 3 fully saturated rings. The van der Waals surface area contributed by atoms with Crippen LogP contribution in [0.25, 0.3) is 0 Å². The van der Waals surface area contributed by atoms with Crippen molar-refractivity contribution < 1.29 is 14.4 Å². The molecule has 0 aromatic heterocycles. The highest BCUT2D eigenvalue weighted by Gasteiger charge is 2.41. The lowest BCUT2D eigenvalue weighted by Gasteiger charge is -2.36. The molecule has 0 radical (unpaired) electrons. The molecule has 3 amide bonds. The second kappa shape index (κ2) is 9.81. The minimum Gasteiger partial charge on any atom is -0.352 e. The Morgan fingerprint density at radius 2 is 1.87 bits per heavy atom. The van der Waals surface area contributed by atoms with E-state index < -0.39 is 0 Å². The molecule has 168 valence electrons. The van der Waals surface area contributed by atoms with Crippen LogP contribution in [-0.2, 0) is 16.1 Å². The number of fused-ring (bicyclic) bond motifs is 1. The van der Waals surface area contributed by atoms with E-state index in [0.717, 1.165) is 31.4 Å². The maximum atomic E-state index is 12.7. The summed E-state index contributed by atoms with van der Waals surface area (Å²) in [6.45, 7) is 6.41. The second-order valence-corrected chi connectivity index (χ2v) is 9.13. The Morgan fingerprint density at radius 3 is 2.65 bits per heavy atom. The van der Waals surface area contributed by atoms with Crippen LogP contribution in [0.3, 0.4) is 0 Å². The van der Waals surface area contributed by atoms with Gasteiger partial charge in [-0.25, -0.2) is 0 Å². The number of carbonyl (C=O) groups excluding carboxylic acids is 3. The van der Waals surface area contributed by atoms with Gasteiger partial charge in [0.25, 0.3) is 5.91 Å². The number of piperazine rings is 1. The number of amides is 3. The van der Waals surface area contributed by atoms with E-state index in [9.17, 15) is 14.4 Å². The fraction of sp³-hybridized carbons (Fsp3) is 0.625. The van der Waals surface area contributed by atoms with Gasteiger partial charge >= 0.3 is 0 Å². The van der Waals surface area contributed by atoms with Crippen molar-refractivity contribution in [3.8, 4) is 0 Å². The molecule has 1 aromatic carbocycles. The van der Waals surface area contributed by atoms with Crippen molar-refractivity contribution >= 4 is 17.7 Å². The van der Waals surface area contributed by atoms with Gasteiger partial charge in [-0.2, -0.15) is 0 Å². The molecule has 0 unspecified atom stereocenters. The molecule has 1 aromatic rings. The molecule has 7 heteroatoms. The standard InChI is InChI=1S/C24H34N4O3/c1-18-6-2-3-13-26(18)14-5-12-25-23(30)20-10-8-19(9-11-20)16-27-17-22(29)28-15-4-7-21(28)24(27)31/h8-11,18,21H,2-7,12-17H2,1H3,(H,25,30)/t18-,21-/m1/s1. The Kier molecular flexibility index (Phi) is 6.90. The van der Waals surface area contributed by atoms with Gasteiger partial charge in [-0.3, -0.25) is 14.4 Å². The average Bonchev–Trinajstić information content (AvgIpc) is 3.27. The maximum absolute atomic E-state index is 12.7. The van der Waals surface area contributed by atoms with Gasteiger partial charge < -0.3 is 20.0 Å². The van der Waals surface area contributed by atoms with Crippen LogP contribution in [0.15, 0.2) is 24.3 Å². The van der Waals surface area contributed by atoms with Gasteiger partial charge in [0.2, 0.25) is 11.8 Å². The fourth-order valence-electron chi connectivity index (χ4n) is 5.06. The Labute approximate surface area is 184 Å².